The Morgan fingerprint density at radius 3 is 2.39 bits per heavy atom. The predicted octanol–water partition coefficient (Wildman–Crippen LogP) is 2.49. The lowest BCUT2D eigenvalue weighted by Crippen LogP contribution is -2.55. The van der Waals surface area contributed by atoms with Crippen LogP contribution in [0.5, 0.6) is 0 Å². The summed E-state index contributed by atoms with van der Waals surface area (Å²) in [4.78, 5) is 27.7. The molecule has 0 saturated carbocycles. The van der Waals surface area contributed by atoms with Crippen LogP contribution in [-0.4, -0.2) is 96.5 Å². The molecule has 0 amide bonds. The number of allylic oxidation sites excluding steroid dienone is 1. The number of ether oxygens (including phenoxy) is 4. The van der Waals surface area contributed by atoms with Crippen LogP contribution >= 0.6 is 0 Å². The number of carbonyl (C=O) groups excluding carboxylic acids is 2. The lowest BCUT2D eigenvalue weighted by Gasteiger charge is -2.43. The van der Waals surface area contributed by atoms with Crippen molar-refractivity contribution in [3.63, 3.8) is 0 Å². The Hall–Kier alpha value is -1.62. The van der Waals surface area contributed by atoms with Gasteiger partial charge in [0.1, 0.15) is 18.3 Å². The molecule has 3 rings (SSSR count). The van der Waals surface area contributed by atoms with E-state index in [0.29, 0.717) is 19.3 Å². The Kier molecular flexibility index (Phi) is 11.1. The van der Waals surface area contributed by atoms with Crippen LogP contribution in [0, 0.1) is 23.7 Å². The van der Waals surface area contributed by atoms with Crippen LogP contribution < -0.4 is 0 Å². The highest BCUT2D eigenvalue weighted by atomic mass is 16.7. The number of aliphatic hydroxyl groups excluding tert-OH is 2. The highest BCUT2D eigenvalue weighted by molar-refractivity contribution is 5.91. The van der Waals surface area contributed by atoms with Crippen molar-refractivity contribution in [2.24, 2.45) is 23.7 Å². The van der Waals surface area contributed by atoms with Crippen LogP contribution in [0.1, 0.15) is 53.9 Å². The number of cyclic esters (lactones) is 1. The van der Waals surface area contributed by atoms with Crippen molar-refractivity contribution in [3.8, 4) is 0 Å². The first-order valence-electron chi connectivity index (χ1n) is 14.0. The SMILES string of the molecule is CC[C@@H]1OC(=O)/C=C/[C@H](C)[C@H](O[C@@H]2O[C@H](C)C[C@H](N(C)C)[C@@H]2O)[C@H](C)C[C@@H](C)C(=O)/C=C/[C@@H]2O[C@H]2[C@H]1CO. The van der Waals surface area contributed by atoms with E-state index >= 15 is 0 Å². The summed E-state index contributed by atoms with van der Waals surface area (Å²) in [5.41, 5.74) is 0. The van der Waals surface area contributed by atoms with E-state index in [4.69, 9.17) is 18.9 Å². The third-order valence-corrected chi connectivity index (χ3v) is 8.19. The molecule has 2 N–H and O–H groups in total. The zero-order valence-corrected chi connectivity index (χ0v) is 23.9. The molecule has 0 aromatic heterocycles. The van der Waals surface area contributed by atoms with Crippen molar-refractivity contribution < 1.29 is 38.7 Å². The van der Waals surface area contributed by atoms with Gasteiger partial charge < -0.3 is 34.1 Å². The molecule has 3 aliphatic heterocycles. The number of esters is 1. The number of likely N-dealkylation sites (N-methyl/N-ethyl adjacent to an activating group) is 1. The fourth-order valence-corrected chi connectivity index (χ4v) is 5.82. The van der Waals surface area contributed by atoms with Crippen molar-refractivity contribution in [2.45, 2.75) is 103 Å². The monoisotopic (exact) mass is 537 g/mol. The van der Waals surface area contributed by atoms with Gasteiger partial charge in [-0.15, -0.1) is 0 Å². The number of nitrogens with zero attached hydrogens (tertiary/aromatic N) is 1. The number of fused-ring (bicyclic) bond motifs is 1. The summed E-state index contributed by atoms with van der Waals surface area (Å²) in [7, 11) is 3.85. The van der Waals surface area contributed by atoms with Crippen molar-refractivity contribution in [1.82, 2.24) is 4.90 Å². The molecule has 9 heteroatoms. The van der Waals surface area contributed by atoms with Gasteiger partial charge in [0.05, 0.1) is 24.9 Å². The molecule has 38 heavy (non-hydrogen) atoms. The number of epoxide rings is 1. The van der Waals surface area contributed by atoms with Crippen LogP contribution in [0.4, 0.5) is 0 Å². The van der Waals surface area contributed by atoms with Crippen LogP contribution in [0.25, 0.3) is 0 Å². The third kappa shape index (κ3) is 7.73. The van der Waals surface area contributed by atoms with Gasteiger partial charge in [-0.2, -0.15) is 0 Å². The number of hydrogen-bond acceptors (Lipinski definition) is 9. The molecule has 0 aliphatic carbocycles. The fraction of sp³-hybridized carbons (Fsp3) is 0.793. The number of carbonyl (C=O) groups is 2. The van der Waals surface area contributed by atoms with Crippen LogP contribution in [-0.2, 0) is 28.5 Å². The third-order valence-electron chi connectivity index (χ3n) is 8.19. The molecule has 12 atom stereocenters. The van der Waals surface area contributed by atoms with E-state index in [-0.39, 0.29) is 60.4 Å². The predicted molar refractivity (Wildman–Crippen MR) is 142 cm³/mol. The van der Waals surface area contributed by atoms with Gasteiger partial charge in [0.2, 0.25) is 0 Å². The Morgan fingerprint density at radius 1 is 1.05 bits per heavy atom. The molecule has 3 heterocycles. The smallest absolute Gasteiger partial charge is 0.330 e. The summed E-state index contributed by atoms with van der Waals surface area (Å²) < 4.78 is 23.9. The number of ketones is 1. The van der Waals surface area contributed by atoms with Crippen molar-refractivity contribution >= 4 is 11.8 Å². The van der Waals surface area contributed by atoms with Gasteiger partial charge in [-0.25, -0.2) is 4.79 Å². The molecular formula is C29H47NO8. The highest BCUT2D eigenvalue weighted by Crippen LogP contribution is 2.35. The van der Waals surface area contributed by atoms with Gasteiger partial charge in [-0.05, 0) is 58.4 Å². The first-order chi connectivity index (χ1) is 18.0. The summed E-state index contributed by atoms with van der Waals surface area (Å²) in [5.74, 6) is -1.46. The highest BCUT2D eigenvalue weighted by Gasteiger charge is 2.47. The molecule has 0 unspecified atom stereocenters. The molecule has 0 aromatic rings. The topological polar surface area (TPSA) is 118 Å². The summed E-state index contributed by atoms with van der Waals surface area (Å²) in [6.07, 6.45) is 4.92. The van der Waals surface area contributed by atoms with Crippen LogP contribution in [0.2, 0.25) is 0 Å². The lowest BCUT2D eigenvalue weighted by molar-refractivity contribution is -0.277. The minimum absolute atomic E-state index is 0.00518. The van der Waals surface area contributed by atoms with E-state index in [1.54, 1.807) is 18.2 Å². The Labute approximate surface area is 227 Å². The second-order valence-corrected chi connectivity index (χ2v) is 11.6. The summed E-state index contributed by atoms with van der Waals surface area (Å²) >= 11 is 0. The van der Waals surface area contributed by atoms with Crippen molar-refractivity contribution in [2.75, 3.05) is 20.7 Å². The zero-order chi connectivity index (χ0) is 28.1. The lowest BCUT2D eigenvalue weighted by atomic mass is 9.84. The van der Waals surface area contributed by atoms with Gasteiger partial charge in [0.25, 0.3) is 0 Å². The Balaban J connectivity index is 1.86. The summed E-state index contributed by atoms with van der Waals surface area (Å²) in [5, 5.41) is 21.0. The van der Waals surface area contributed by atoms with Gasteiger partial charge in [0, 0.05) is 29.9 Å². The van der Waals surface area contributed by atoms with E-state index in [1.165, 1.54) is 6.08 Å². The minimum Gasteiger partial charge on any atom is -0.459 e. The molecule has 9 nitrogen and oxygen atoms in total. The number of hydrogen-bond donors (Lipinski definition) is 2. The van der Waals surface area contributed by atoms with E-state index in [1.807, 2.05) is 53.6 Å². The summed E-state index contributed by atoms with van der Waals surface area (Å²) in [6.45, 7) is 9.53. The molecule has 2 saturated heterocycles. The second kappa shape index (κ2) is 13.6. The first-order valence-corrected chi connectivity index (χ1v) is 14.0. The van der Waals surface area contributed by atoms with Gasteiger partial charge in [-0.1, -0.05) is 33.8 Å². The molecule has 2 fully saturated rings. The second-order valence-electron chi connectivity index (χ2n) is 11.6. The Morgan fingerprint density at radius 2 is 1.76 bits per heavy atom. The van der Waals surface area contributed by atoms with Crippen molar-refractivity contribution in [1.29, 1.82) is 0 Å². The zero-order valence-electron chi connectivity index (χ0n) is 23.9. The maximum Gasteiger partial charge on any atom is 0.330 e. The molecule has 0 radical (unpaired) electrons. The van der Waals surface area contributed by atoms with E-state index in [0.717, 1.165) is 0 Å². The van der Waals surface area contributed by atoms with Gasteiger partial charge >= 0.3 is 5.97 Å². The van der Waals surface area contributed by atoms with Gasteiger partial charge in [-0.3, -0.25) is 4.79 Å². The Bertz CT molecular complexity index is 860. The van der Waals surface area contributed by atoms with E-state index < -0.39 is 30.6 Å². The van der Waals surface area contributed by atoms with Crippen LogP contribution in [0.15, 0.2) is 24.3 Å². The normalized spacial score (nSPS) is 44.8. The van der Waals surface area contributed by atoms with E-state index in [9.17, 15) is 19.8 Å². The number of rotatable bonds is 5. The molecule has 216 valence electrons. The molecule has 0 aromatic carbocycles. The quantitative estimate of drug-likeness (QED) is 0.403. The minimum atomic E-state index is -0.843. The first kappa shape index (κ1) is 30.9. The molecule has 0 spiro atoms. The summed E-state index contributed by atoms with van der Waals surface area (Å²) in [6, 6.07) is -0.115. The molecule has 3 aliphatic rings. The van der Waals surface area contributed by atoms with Crippen molar-refractivity contribution in [3.05, 3.63) is 24.3 Å². The average Bonchev–Trinajstić information content (AvgIpc) is 3.63. The number of aliphatic hydroxyl groups is 2. The average molecular weight is 538 g/mol. The molecular weight excluding hydrogens is 490 g/mol. The van der Waals surface area contributed by atoms with E-state index in [2.05, 4.69) is 0 Å². The van der Waals surface area contributed by atoms with Crippen LogP contribution in [0.3, 0.4) is 0 Å². The largest absolute Gasteiger partial charge is 0.459 e. The fourth-order valence-electron chi connectivity index (χ4n) is 5.82. The molecule has 0 bridgehead atoms. The standard InChI is InChI=1S/C29H47NO8/c1-8-23-20(15-31)28-24(37-28)11-10-22(32)17(3)13-18(4)27(16(2)9-12-25(33)36-23)38-29-26(34)21(30(6)7)14-19(5)35-29/h9-12,16-21,23-24,26-29,31,34H,8,13-15H2,1-7H3/b11-10+,12-9+/t16-,17+,18+,19+,20-,21-,23-,24-,26-,27-,28-,29-/m0/s1. The maximum atomic E-state index is 12.9. The maximum absolute atomic E-state index is 12.9. The van der Waals surface area contributed by atoms with Gasteiger partial charge in [0.15, 0.2) is 12.1 Å².